The number of rotatable bonds is 7. The van der Waals surface area contributed by atoms with Crippen molar-refractivity contribution in [1.82, 2.24) is 10.3 Å². The lowest BCUT2D eigenvalue weighted by Gasteiger charge is -2.07. The SMILES string of the molecule is COC(=O)c1ccnc(CNC(=O)CCc2ccc(OC)cc2)c1. The minimum Gasteiger partial charge on any atom is -0.497 e. The van der Waals surface area contributed by atoms with Gasteiger partial charge in [0.2, 0.25) is 5.91 Å². The summed E-state index contributed by atoms with van der Waals surface area (Å²) in [6.07, 6.45) is 2.54. The van der Waals surface area contributed by atoms with E-state index in [2.05, 4.69) is 15.0 Å². The topological polar surface area (TPSA) is 77.5 Å². The van der Waals surface area contributed by atoms with Crippen LogP contribution in [0.25, 0.3) is 0 Å². The number of benzene rings is 1. The summed E-state index contributed by atoms with van der Waals surface area (Å²) in [6.45, 7) is 0.270. The van der Waals surface area contributed by atoms with Crippen molar-refractivity contribution in [1.29, 1.82) is 0 Å². The van der Waals surface area contributed by atoms with Gasteiger partial charge in [0.1, 0.15) is 5.75 Å². The number of carbonyl (C=O) groups is 2. The molecule has 0 aliphatic rings. The van der Waals surface area contributed by atoms with E-state index >= 15 is 0 Å². The molecule has 1 amide bonds. The molecular formula is C18H20N2O4. The van der Waals surface area contributed by atoms with E-state index in [9.17, 15) is 9.59 Å². The molecule has 24 heavy (non-hydrogen) atoms. The van der Waals surface area contributed by atoms with Crippen LogP contribution in [0, 0.1) is 0 Å². The number of nitrogens with zero attached hydrogens (tertiary/aromatic N) is 1. The van der Waals surface area contributed by atoms with Crippen molar-refractivity contribution < 1.29 is 19.1 Å². The standard InChI is InChI=1S/C18H20N2O4/c1-23-16-6-3-13(4-7-16)5-8-17(21)20-12-15-11-14(9-10-19-15)18(22)24-2/h3-4,6-7,9-11H,5,8,12H2,1-2H3,(H,20,21). The monoisotopic (exact) mass is 328 g/mol. The van der Waals surface area contributed by atoms with Gasteiger partial charge in [0.15, 0.2) is 0 Å². The number of aromatic nitrogens is 1. The van der Waals surface area contributed by atoms with E-state index in [0.29, 0.717) is 24.1 Å². The Hall–Kier alpha value is -2.89. The molecule has 6 nitrogen and oxygen atoms in total. The number of hydrogen-bond acceptors (Lipinski definition) is 5. The third-order valence-electron chi connectivity index (χ3n) is 3.50. The molecule has 126 valence electrons. The number of methoxy groups -OCH3 is 2. The van der Waals surface area contributed by atoms with Gasteiger partial charge in [0, 0.05) is 12.6 Å². The van der Waals surface area contributed by atoms with Gasteiger partial charge in [-0.2, -0.15) is 0 Å². The zero-order chi connectivity index (χ0) is 17.4. The predicted octanol–water partition coefficient (Wildman–Crippen LogP) is 2.13. The Morgan fingerprint density at radius 3 is 2.54 bits per heavy atom. The van der Waals surface area contributed by atoms with Gasteiger partial charge in [-0.1, -0.05) is 12.1 Å². The number of pyridine rings is 1. The fourth-order valence-electron chi connectivity index (χ4n) is 2.15. The Labute approximate surface area is 140 Å². The van der Waals surface area contributed by atoms with Crippen molar-refractivity contribution in [3.8, 4) is 5.75 Å². The molecule has 0 aliphatic carbocycles. The number of aryl methyl sites for hydroxylation is 1. The maximum Gasteiger partial charge on any atom is 0.337 e. The summed E-state index contributed by atoms with van der Waals surface area (Å²) in [6, 6.07) is 10.8. The van der Waals surface area contributed by atoms with E-state index in [1.54, 1.807) is 19.2 Å². The van der Waals surface area contributed by atoms with Crippen molar-refractivity contribution >= 4 is 11.9 Å². The van der Waals surface area contributed by atoms with Gasteiger partial charge in [0.05, 0.1) is 32.0 Å². The fourth-order valence-corrected chi connectivity index (χ4v) is 2.15. The van der Waals surface area contributed by atoms with Crippen LogP contribution in [0.4, 0.5) is 0 Å². The van der Waals surface area contributed by atoms with Gasteiger partial charge in [-0.05, 0) is 36.2 Å². The number of carbonyl (C=O) groups excluding carboxylic acids is 2. The van der Waals surface area contributed by atoms with Crippen molar-refractivity contribution in [2.45, 2.75) is 19.4 Å². The van der Waals surface area contributed by atoms with E-state index in [-0.39, 0.29) is 12.5 Å². The van der Waals surface area contributed by atoms with E-state index < -0.39 is 5.97 Å². The first-order valence-corrected chi connectivity index (χ1v) is 7.55. The maximum absolute atomic E-state index is 11.9. The highest BCUT2D eigenvalue weighted by atomic mass is 16.5. The van der Waals surface area contributed by atoms with Gasteiger partial charge in [-0.15, -0.1) is 0 Å². The zero-order valence-corrected chi connectivity index (χ0v) is 13.7. The first-order chi connectivity index (χ1) is 11.6. The van der Waals surface area contributed by atoms with Gasteiger partial charge in [0.25, 0.3) is 0 Å². The highest BCUT2D eigenvalue weighted by molar-refractivity contribution is 5.89. The first kappa shape index (κ1) is 17.5. The highest BCUT2D eigenvalue weighted by Crippen LogP contribution is 2.12. The maximum atomic E-state index is 11.9. The fraction of sp³-hybridized carbons (Fsp3) is 0.278. The average molecular weight is 328 g/mol. The summed E-state index contributed by atoms with van der Waals surface area (Å²) < 4.78 is 9.76. The molecule has 0 saturated heterocycles. The Morgan fingerprint density at radius 1 is 1.12 bits per heavy atom. The van der Waals surface area contributed by atoms with Crippen molar-refractivity contribution in [3.63, 3.8) is 0 Å². The molecule has 1 aromatic carbocycles. The lowest BCUT2D eigenvalue weighted by Crippen LogP contribution is -2.23. The molecule has 1 heterocycles. The molecule has 1 aromatic heterocycles. The van der Waals surface area contributed by atoms with E-state index in [4.69, 9.17) is 4.74 Å². The zero-order valence-electron chi connectivity index (χ0n) is 13.7. The molecule has 0 spiro atoms. The van der Waals surface area contributed by atoms with Crippen LogP contribution in [0.1, 0.15) is 28.0 Å². The predicted molar refractivity (Wildman–Crippen MR) is 88.7 cm³/mol. The third kappa shape index (κ3) is 5.08. The summed E-state index contributed by atoms with van der Waals surface area (Å²) in [5.74, 6) is 0.292. The summed E-state index contributed by atoms with van der Waals surface area (Å²) in [7, 11) is 2.94. The van der Waals surface area contributed by atoms with Crippen LogP contribution >= 0.6 is 0 Å². The number of hydrogen-bond donors (Lipinski definition) is 1. The van der Waals surface area contributed by atoms with Gasteiger partial charge >= 0.3 is 5.97 Å². The van der Waals surface area contributed by atoms with Crippen LogP contribution < -0.4 is 10.1 Å². The van der Waals surface area contributed by atoms with Crippen LogP contribution in [0.15, 0.2) is 42.6 Å². The molecule has 0 bridgehead atoms. The van der Waals surface area contributed by atoms with Crippen LogP contribution in [0.5, 0.6) is 5.75 Å². The second-order valence-corrected chi connectivity index (χ2v) is 5.15. The average Bonchev–Trinajstić information content (AvgIpc) is 2.64. The summed E-state index contributed by atoms with van der Waals surface area (Å²) >= 11 is 0. The largest absolute Gasteiger partial charge is 0.497 e. The Kier molecular flexibility index (Phi) is 6.31. The molecule has 0 saturated carbocycles. The Morgan fingerprint density at radius 2 is 1.88 bits per heavy atom. The molecular weight excluding hydrogens is 308 g/mol. The van der Waals surface area contributed by atoms with Crippen LogP contribution in [0.2, 0.25) is 0 Å². The van der Waals surface area contributed by atoms with E-state index in [1.165, 1.54) is 13.3 Å². The second-order valence-electron chi connectivity index (χ2n) is 5.15. The quantitative estimate of drug-likeness (QED) is 0.788. The smallest absolute Gasteiger partial charge is 0.337 e. The Bertz CT molecular complexity index is 698. The van der Waals surface area contributed by atoms with Gasteiger partial charge in [-0.25, -0.2) is 4.79 Å². The lowest BCUT2D eigenvalue weighted by molar-refractivity contribution is -0.121. The molecule has 6 heteroatoms. The number of ether oxygens (including phenoxy) is 2. The van der Waals surface area contributed by atoms with Crippen LogP contribution in [0.3, 0.4) is 0 Å². The molecule has 0 radical (unpaired) electrons. The first-order valence-electron chi connectivity index (χ1n) is 7.55. The summed E-state index contributed by atoms with van der Waals surface area (Å²) in [5, 5.41) is 2.80. The van der Waals surface area contributed by atoms with Crippen molar-refractivity contribution in [2.75, 3.05) is 14.2 Å². The summed E-state index contributed by atoms with van der Waals surface area (Å²) in [4.78, 5) is 27.5. The minimum absolute atomic E-state index is 0.0731. The molecule has 1 N–H and O–H groups in total. The van der Waals surface area contributed by atoms with E-state index in [0.717, 1.165) is 11.3 Å². The molecule has 0 unspecified atom stereocenters. The van der Waals surface area contributed by atoms with Crippen LogP contribution in [-0.4, -0.2) is 31.1 Å². The summed E-state index contributed by atoms with van der Waals surface area (Å²) in [5.41, 5.74) is 2.09. The third-order valence-corrected chi connectivity index (χ3v) is 3.50. The number of esters is 1. The molecule has 0 fully saturated rings. The van der Waals surface area contributed by atoms with Gasteiger partial charge in [-0.3, -0.25) is 9.78 Å². The highest BCUT2D eigenvalue weighted by Gasteiger charge is 2.08. The molecule has 0 atom stereocenters. The molecule has 2 rings (SSSR count). The lowest BCUT2D eigenvalue weighted by atomic mass is 10.1. The Balaban J connectivity index is 1.81. The number of amides is 1. The van der Waals surface area contributed by atoms with Crippen molar-refractivity contribution in [3.05, 3.63) is 59.4 Å². The van der Waals surface area contributed by atoms with Crippen LogP contribution in [-0.2, 0) is 22.5 Å². The molecule has 0 aliphatic heterocycles. The normalized spacial score (nSPS) is 10.1. The van der Waals surface area contributed by atoms with Crippen molar-refractivity contribution in [2.24, 2.45) is 0 Å². The number of nitrogens with one attached hydrogen (secondary N) is 1. The van der Waals surface area contributed by atoms with E-state index in [1.807, 2.05) is 24.3 Å². The molecule has 2 aromatic rings. The minimum atomic E-state index is -0.426. The second kappa shape index (κ2) is 8.67. The van der Waals surface area contributed by atoms with Gasteiger partial charge < -0.3 is 14.8 Å².